The van der Waals surface area contributed by atoms with Crippen molar-refractivity contribution in [2.24, 2.45) is 0 Å². The van der Waals surface area contributed by atoms with E-state index in [0.717, 1.165) is 12.1 Å². The standard InChI is InChI=1S/C13H16N4/c1-3-10-6-4-5-9(2)13(10)15-12-8-7-11(14)16-17-12/h4-8H,3H2,1-2H3,(H2,14,16)(H,15,17). The van der Waals surface area contributed by atoms with Gasteiger partial charge in [-0.05, 0) is 36.6 Å². The van der Waals surface area contributed by atoms with Gasteiger partial charge in [0.25, 0.3) is 0 Å². The highest BCUT2D eigenvalue weighted by atomic mass is 15.2. The number of nitrogens with one attached hydrogen (secondary N) is 1. The fourth-order valence-corrected chi connectivity index (χ4v) is 1.74. The monoisotopic (exact) mass is 228 g/mol. The molecule has 0 atom stereocenters. The van der Waals surface area contributed by atoms with Crippen LogP contribution in [0.2, 0.25) is 0 Å². The summed E-state index contributed by atoms with van der Waals surface area (Å²) in [5, 5.41) is 11.1. The summed E-state index contributed by atoms with van der Waals surface area (Å²) in [7, 11) is 0. The van der Waals surface area contributed by atoms with E-state index in [1.165, 1.54) is 11.1 Å². The Morgan fingerprint density at radius 3 is 2.65 bits per heavy atom. The number of para-hydroxylation sites is 1. The van der Waals surface area contributed by atoms with Gasteiger partial charge in [0.1, 0.15) is 5.82 Å². The Morgan fingerprint density at radius 2 is 2.00 bits per heavy atom. The van der Waals surface area contributed by atoms with Crippen molar-refractivity contribution in [3.8, 4) is 0 Å². The Bertz CT molecular complexity index is 505. The predicted octanol–water partition coefficient (Wildman–Crippen LogP) is 2.67. The largest absolute Gasteiger partial charge is 0.382 e. The first-order valence-corrected chi connectivity index (χ1v) is 5.65. The molecule has 0 aliphatic rings. The van der Waals surface area contributed by atoms with Crippen molar-refractivity contribution in [1.82, 2.24) is 10.2 Å². The van der Waals surface area contributed by atoms with Crippen molar-refractivity contribution in [2.75, 3.05) is 11.1 Å². The Morgan fingerprint density at radius 1 is 1.18 bits per heavy atom. The van der Waals surface area contributed by atoms with Gasteiger partial charge in [-0.3, -0.25) is 0 Å². The van der Waals surface area contributed by atoms with Crippen LogP contribution in [0.25, 0.3) is 0 Å². The molecule has 1 heterocycles. The molecular formula is C13H16N4. The topological polar surface area (TPSA) is 63.8 Å². The number of aromatic nitrogens is 2. The molecule has 0 radical (unpaired) electrons. The van der Waals surface area contributed by atoms with E-state index in [1.54, 1.807) is 6.07 Å². The fourth-order valence-electron chi connectivity index (χ4n) is 1.74. The van der Waals surface area contributed by atoms with Crippen molar-refractivity contribution in [3.05, 3.63) is 41.5 Å². The van der Waals surface area contributed by atoms with E-state index in [9.17, 15) is 0 Å². The van der Waals surface area contributed by atoms with Gasteiger partial charge in [0.05, 0.1) is 0 Å². The van der Waals surface area contributed by atoms with Crippen molar-refractivity contribution in [1.29, 1.82) is 0 Å². The number of nitrogens with zero attached hydrogens (tertiary/aromatic N) is 2. The summed E-state index contributed by atoms with van der Waals surface area (Å²) in [6.07, 6.45) is 0.979. The highest BCUT2D eigenvalue weighted by Crippen LogP contribution is 2.24. The van der Waals surface area contributed by atoms with Gasteiger partial charge in [0, 0.05) is 5.69 Å². The van der Waals surface area contributed by atoms with Crippen molar-refractivity contribution < 1.29 is 0 Å². The first-order valence-electron chi connectivity index (χ1n) is 5.65. The number of benzene rings is 1. The summed E-state index contributed by atoms with van der Waals surface area (Å²) < 4.78 is 0. The average molecular weight is 228 g/mol. The summed E-state index contributed by atoms with van der Waals surface area (Å²) in [6, 6.07) is 9.81. The number of hydrogen-bond donors (Lipinski definition) is 2. The molecule has 0 unspecified atom stereocenters. The molecule has 2 aromatic rings. The minimum atomic E-state index is 0.427. The molecule has 0 saturated carbocycles. The highest BCUT2D eigenvalue weighted by molar-refractivity contribution is 5.64. The zero-order valence-corrected chi connectivity index (χ0v) is 10.1. The van der Waals surface area contributed by atoms with Crippen LogP contribution in [0.4, 0.5) is 17.3 Å². The van der Waals surface area contributed by atoms with Crippen molar-refractivity contribution in [2.45, 2.75) is 20.3 Å². The van der Waals surface area contributed by atoms with Gasteiger partial charge in [-0.25, -0.2) is 0 Å². The minimum absolute atomic E-state index is 0.427. The molecule has 0 amide bonds. The summed E-state index contributed by atoms with van der Waals surface area (Å²) in [5.41, 5.74) is 9.07. The second-order valence-corrected chi connectivity index (χ2v) is 3.93. The van der Waals surface area contributed by atoms with Gasteiger partial charge in [0.2, 0.25) is 0 Å². The summed E-state index contributed by atoms with van der Waals surface area (Å²) in [4.78, 5) is 0. The van der Waals surface area contributed by atoms with Crippen LogP contribution in [0, 0.1) is 6.92 Å². The van der Waals surface area contributed by atoms with Crippen molar-refractivity contribution in [3.63, 3.8) is 0 Å². The maximum Gasteiger partial charge on any atom is 0.153 e. The van der Waals surface area contributed by atoms with Crippen LogP contribution in [-0.2, 0) is 6.42 Å². The SMILES string of the molecule is CCc1cccc(C)c1Nc1ccc(N)nn1. The fraction of sp³-hybridized carbons (Fsp3) is 0.231. The average Bonchev–Trinajstić information content (AvgIpc) is 2.34. The first-order chi connectivity index (χ1) is 8.20. The van der Waals surface area contributed by atoms with Crippen LogP contribution in [-0.4, -0.2) is 10.2 Å². The van der Waals surface area contributed by atoms with Gasteiger partial charge >= 0.3 is 0 Å². The lowest BCUT2D eigenvalue weighted by Gasteiger charge is -2.12. The maximum atomic E-state index is 5.50. The van der Waals surface area contributed by atoms with Gasteiger partial charge in [-0.2, -0.15) is 0 Å². The Balaban J connectivity index is 2.32. The van der Waals surface area contributed by atoms with Crippen LogP contribution in [0.3, 0.4) is 0 Å². The molecule has 0 aliphatic heterocycles. The molecule has 2 rings (SSSR count). The molecule has 4 nitrogen and oxygen atoms in total. The van der Waals surface area contributed by atoms with E-state index in [2.05, 4.69) is 47.6 Å². The number of nitrogens with two attached hydrogens (primary N) is 1. The second kappa shape index (κ2) is 4.82. The molecule has 88 valence electrons. The lowest BCUT2D eigenvalue weighted by Crippen LogP contribution is -2.01. The number of nitrogen functional groups attached to an aromatic ring is 1. The third-order valence-corrected chi connectivity index (χ3v) is 2.68. The molecular weight excluding hydrogens is 212 g/mol. The number of aryl methyl sites for hydroxylation is 2. The molecule has 17 heavy (non-hydrogen) atoms. The van der Waals surface area contributed by atoms with Gasteiger partial charge in [-0.15, -0.1) is 10.2 Å². The third kappa shape index (κ3) is 2.53. The molecule has 0 spiro atoms. The maximum absolute atomic E-state index is 5.50. The van der Waals surface area contributed by atoms with Crippen LogP contribution in [0.1, 0.15) is 18.1 Å². The molecule has 0 fully saturated rings. The molecule has 1 aromatic carbocycles. The lowest BCUT2D eigenvalue weighted by atomic mass is 10.1. The minimum Gasteiger partial charge on any atom is -0.382 e. The van der Waals surface area contributed by atoms with Gasteiger partial charge < -0.3 is 11.1 Å². The number of anilines is 3. The smallest absolute Gasteiger partial charge is 0.153 e. The van der Waals surface area contributed by atoms with Crippen LogP contribution >= 0.6 is 0 Å². The zero-order chi connectivity index (χ0) is 12.3. The lowest BCUT2D eigenvalue weighted by molar-refractivity contribution is 1.04. The van der Waals surface area contributed by atoms with Crippen LogP contribution in [0.15, 0.2) is 30.3 Å². The van der Waals surface area contributed by atoms with E-state index in [0.29, 0.717) is 11.6 Å². The first kappa shape index (κ1) is 11.4. The molecule has 3 N–H and O–H groups in total. The Labute approximate surface area is 101 Å². The summed E-state index contributed by atoms with van der Waals surface area (Å²) in [5.74, 6) is 1.14. The molecule has 1 aromatic heterocycles. The molecule has 4 heteroatoms. The molecule has 0 bridgehead atoms. The summed E-state index contributed by atoms with van der Waals surface area (Å²) in [6.45, 7) is 4.21. The van der Waals surface area contributed by atoms with E-state index in [1.807, 2.05) is 6.07 Å². The quantitative estimate of drug-likeness (QED) is 0.847. The van der Waals surface area contributed by atoms with Crippen LogP contribution in [0.5, 0.6) is 0 Å². The molecule has 0 aliphatic carbocycles. The highest BCUT2D eigenvalue weighted by Gasteiger charge is 2.05. The number of hydrogen-bond acceptors (Lipinski definition) is 4. The Hall–Kier alpha value is -2.10. The summed E-state index contributed by atoms with van der Waals surface area (Å²) >= 11 is 0. The van der Waals surface area contributed by atoms with Gasteiger partial charge in [-0.1, -0.05) is 25.1 Å². The van der Waals surface area contributed by atoms with Crippen LogP contribution < -0.4 is 11.1 Å². The van der Waals surface area contributed by atoms with E-state index in [4.69, 9.17) is 5.73 Å². The van der Waals surface area contributed by atoms with Crippen molar-refractivity contribution >= 4 is 17.3 Å². The number of rotatable bonds is 3. The second-order valence-electron chi connectivity index (χ2n) is 3.93. The predicted molar refractivity (Wildman–Crippen MR) is 70.3 cm³/mol. The third-order valence-electron chi connectivity index (χ3n) is 2.68. The molecule has 0 saturated heterocycles. The van der Waals surface area contributed by atoms with Gasteiger partial charge in [0.15, 0.2) is 5.82 Å². The Kier molecular flexibility index (Phi) is 3.23. The van der Waals surface area contributed by atoms with E-state index < -0.39 is 0 Å². The normalized spacial score (nSPS) is 10.2. The zero-order valence-electron chi connectivity index (χ0n) is 10.1. The van der Waals surface area contributed by atoms with E-state index >= 15 is 0 Å². The van der Waals surface area contributed by atoms with E-state index in [-0.39, 0.29) is 0 Å².